The third kappa shape index (κ3) is 2.91. The van der Waals surface area contributed by atoms with E-state index in [0.29, 0.717) is 0 Å². The first-order valence-electron chi connectivity index (χ1n) is 9.68. The lowest BCUT2D eigenvalue weighted by atomic mass is 10.0. The van der Waals surface area contributed by atoms with Gasteiger partial charge in [-0.05, 0) is 49.2 Å². The third-order valence-electron chi connectivity index (χ3n) is 5.56. The quantitative estimate of drug-likeness (QED) is 0.292. The summed E-state index contributed by atoms with van der Waals surface area (Å²) in [6, 6.07) is 23.8. The van der Waals surface area contributed by atoms with Crippen molar-refractivity contribution in [3.63, 3.8) is 0 Å². The molecule has 0 saturated carbocycles. The van der Waals surface area contributed by atoms with Crippen LogP contribution in [-0.4, -0.2) is 9.49 Å². The molecule has 29 heavy (non-hydrogen) atoms. The lowest BCUT2D eigenvalue weighted by Gasteiger charge is -2.14. The molecule has 3 aromatic carbocycles. The largest absolute Gasteiger partial charge is 0.269 e. The van der Waals surface area contributed by atoms with Gasteiger partial charge < -0.3 is 0 Å². The van der Waals surface area contributed by atoms with E-state index in [1.54, 1.807) is 12.1 Å². The summed E-state index contributed by atoms with van der Waals surface area (Å²) in [7, 11) is 0. The summed E-state index contributed by atoms with van der Waals surface area (Å²) in [5.41, 5.74) is 6.92. The normalized spacial score (nSPS) is 12.3. The lowest BCUT2D eigenvalue weighted by molar-refractivity contribution is -0.606. The Kier molecular flexibility index (Phi) is 4.02. The van der Waals surface area contributed by atoms with Gasteiger partial charge in [-0.15, -0.1) is 0 Å². The van der Waals surface area contributed by atoms with Gasteiger partial charge in [0.05, 0.1) is 11.3 Å². The Labute approximate surface area is 168 Å². The predicted molar refractivity (Wildman–Crippen MR) is 112 cm³/mol. The molecule has 5 rings (SSSR count). The maximum atomic E-state index is 11.1. The van der Waals surface area contributed by atoms with Crippen molar-refractivity contribution in [1.29, 1.82) is 0 Å². The second-order valence-corrected chi connectivity index (χ2v) is 7.40. The summed E-state index contributed by atoms with van der Waals surface area (Å²) < 4.78 is 4.53. The van der Waals surface area contributed by atoms with Crippen molar-refractivity contribution in [2.24, 2.45) is 0 Å². The van der Waals surface area contributed by atoms with Gasteiger partial charge in [0.1, 0.15) is 17.6 Å². The van der Waals surface area contributed by atoms with Gasteiger partial charge in [0, 0.05) is 17.7 Å². The number of hydrogen-bond acceptors (Lipinski definition) is 2. The van der Waals surface area contributed by atoms with E-state index in [1.165, 1.54) is 22.6 Å². The van der Waals surface area contributed by atoms with Crippen LogP contribution in [0.5, 0.6) is 0 Å². The van der Waals surface area contributed by atoms with Crippen LogP contribution in [-0.2, 0) is 12.8 Å². The van der Waals surface area contributed by atoms with E-state index in [0.717, 1.165) is 29.8 Å². The van der Waals surface area contributed by atoms with Gasteiger partial charge in [0.25, 0.3) is 11.5 Å². The molecule has 2 heterocycles. The van der Waals surface area contributed by atoms with Crippen molar-refractivity contribution >= 4 is 5.69 Å². The van der Waals surface area contributed by atoms with Crippen molar-refractivity contribution in [3.05, 3.63) is 106 Å². The first-order valence-corrected chi connectivity index (χ1v) is 9.68. The van der Waals surface area contributed by atoms with Crippen LogP contribution in [0.4, 0.5) is 5.69 Å². The molecule has 0 aliphatic carbocycles. The highest BCUT2D eigenvalue weighted by Crippen LogP contribution is 2.30. The van der Waals surface area contributed by atoms with Crippen LogP contribution in [0.3, 0.4) is 0 Å². The molecule has 0 bridgehead atoms. The average Bonchev–Trinajstić information content (AvgIpc) is 3.14. The summed E-state index contributed by atoms with van der Waals surface area (Å²) in [5.74, 6) is 1.21. The molecule has 0 spiro atoms. The second-order valence-electron chi connectivity index (χ2n) is 7.40. The average molecular weight is 382 g/mol. The number of nitro groups is 1. The number of benzene rings is 3. The Bertz CT molecular complexity index is 1220. The van der Waals surface area contributed by atoms with Crippen molar-refractivity contribution in [2.45, 2.75) is 19.8 Å². The zero-order chi connectivity index (χ0) is 20.0. The summed E-state index contributed by atoms with van der Waals surface area (Å²) in [4.78, 5) is 10.7. The highest BCUT2D eigenvalue weighted by molar-refractivity contribution is 5.64. The van der Waals surface area contributed by atoms with Gasteiger partial charge in [0.15, 0.2) is 5.69 Å². The number of nitro benzene ring substituents is 1. The van der Waals surface area contributed by atoms with Crippen LogP contribution < -0.4 is 4.57 Å². The van der Waals surface area contributed by atoms with E-state index in [2.05, 4.69) is 70.8 Å². The number of non-ortho nitro benzene ring substituents is 1. The SMILES string of the molecule is Cc1ccc(-n2c(-c3ccc([N+](=O)[O-])cc3)c[n+]3c2CCc2ccccc2-3)cc1. The number of para-hydroxylation sites is 1. The van der Waals surface area contributed by atoms with Crippen molar-refractivity contribution in [1.82, 2.24) is 4.57 Å². The lowest BCUT2D eigenvalue weighted by Crippen LogP contribution is -2.39. The molecular formula is C24H20N3O2+. The first kappa shape index (κ1) is 17.4. The van der Waals surface area contributed by atoms with Gasteiger partial charge in [-0.1, -0.05) is 35.9 Å². The molecule has 1 aliphatic rings. The van der Waals surface area contributed by atoms with Crippen molar-refractivity contribution in [3.8, 4) is 22.6 Å². The van der Waals surface area contributed by atoms with E-state index in [-0.39, 0.29) is 10.6 Å². The Balaban J connectivity index is 1.75. The van der Waals surface area contributed by atoms with Crippen LogP contribution in [0.1, 0.15) is 17.0 Å². The number of hydrogen-bond donors (Lipinski definition) is 0. The summed E-state index contributed by atoms with van der Waals surface area (Å²) in [5, 5.41) is 11.1. The molecule has 0 atom stereocenters. The molecule has 1 aromatic heterocycles. The number of fused-ring (bicyclic) bond motifs is 3. The predicted octanol–water partition coefficient (Wildman–Crippen LogP) is 4.74. The molecule has 0 amide bonds. The molecule has 0 N–H and O–H groups in total. The summed E-state index contributed by atoms with van der Waals surface area (Å²) >= 11 is 0. The Hall–Kier alpha value is -3.73. The van der Waals surface area contributed by atoms with Gasteiger partial charge in [-0.2, -0.15) is 9.13 Å². The van der Waals surface area contributed by atoms with E-state index in [9.17, 15) is 10.1 Å². The van der Waals surface area contributed by atoms with E-state index >= 15 is 0 Å². The van der Waals surface area contributed by atoms with Crippen LogP contribution >= 0.6 is 0 Å². The topological polar surface area (TPSA) is 51.9 Å². The fraction of sp³-hybridized carbons (Fsp3) is 0.125. The van der Waals surface area contributed by atoms with Crippen LogP contribution in [0.2, 0.25) is 0 Å². The van der Waals surface area contributed by atoms with E-state index < -0.39 is 0 Å². The molecule has 4 aromatic rings. The molecule has 5 heteroatoms. The molecule has 0 unspecified atom stereocenters. The first-order chi connectivity index (χ1) is 14.1. The maximum Gasteiger partial charge on any atom is 0.269 e. The Morgan fingerprint density at radius 3 is 2.38 bits per heavy atom. The molecule has 142 valence electrons. The number of imidazole rings is 1. The van der Waals surface area contributed by atoms with Gasteiger partial charge in [-0.3, -0.25) is 10.1 Å². The Morgan fingerprint density at radius 1 is 0.931 bits per heavy atom. The minimum absolute atomic E-state index is 0.102. The number of aryl methyl sites for hydroxylation is 2. The molecule has 0 fully saturated rings. The van der Waals surface area contributed by atoms with E-state index in [4.69, 9.17) is 0 Å². The zero-order valence-corrected chi connectivity index (χ0v) is 16.1. The molecule has 0 radical (unpaired) electrons. The van der Waals surface area contributed by atoms with Gasteiger partial charge >= 0.3 is 0 Å². The van der Waals surface area contributed by atoms with Crippen LogP contribution in [0, 0.1) is 17.0 Å². The zero-order valence-electron chi connectivity index (χ0n) is 16.1. The number of nitrogens with zero attached hydrogens (tertiary/aromatic N) is 3. The van der Waals surface area contributed by atoms with Crippen LogP contribution in [0.25, 0.3) is 22.6 Å². The van der Waals surface area contributed by atoms with E-state index in [1.807, 2.05) is 12.1 Å². The second kappa shape index (κ2) is 6.71. The molecule has 5 nitrogen and oxygen atoms in total. The Morgan fingerprint density at radius 2 is 1.66 bits per heavy atom. The monoisotopic (exact) mass is 382 g/mol. The molecule has 0 saturated heterocycles. The third-order valence-corrected chi connectivity index (χ3v) is 5.56. The standard InChI is InChI=1S/C24H20N3O2/c1-17-6-11-20(12-7-17)26-23(19-8-13-21(14-9-19)27(28)29)16-25-22-5-3-2-4-18(22)10-15-24(25)26/h2-9,11-14,16H,10,15H2,1H3/q+1. The smallest absolute Gasteiger partial charge is 0.258 e. The number of aromatic nitrogens is 2. The fourth-order valence-corrected chi connectivity index (χ4v) is 4.09. The highest BCUT2D eigenvalue weighted by atomic mass is 16.6. The summed E-state index contributed by atoms with van der Waals surface area (Å²) in [6.07, 6.45) is 4.07. The van der Waals surface area contributed by atoms with Crippen LogP contribution in [0.15, 0.2) is 79.0 Å². The van der Waals surface area contributed by atoms with Crippen molar-refractivity contribution < 1.29 is 9.49 Å². The molecular weight excluding hydrogens is 362 g/mol. The number of rotatable bonds is 3. The minimum atomic E-state index is -0.362. The fourth-order valence-electron chi connectivity index (χ4n) is 4.09. The van der Waals surface area contributed by atoms with Gasteiger partial charge in [-0.25, -0.2) is 0 Å². The van der Waals surface area contributed by atoms with Gasteiger partial charge in [0.2, 0.25) is 0 Å². The highest BCUT2D eigenvalue weighted by Gasteiger charge is 2.31. The maximum absolute atomic E-state index is 11.1. The molecule has 1 aliphatic heterocycles. The minimum Gasteiger partial charge on any atom is -0.258 e. The summed E-state index contributed by atoms with van der Waals surface area (Å²) in [6.45, 7) is 2.08. The van der Waals surface area contributed by atoms with Crippen molar-refractivity contribution in [2.75, 3.05) is 0 Å².